The largest absolute Gasteiger partial charge is 0.404 e. The Morgan fingerprint density at radius 2 is 2.03 bits per heavy atom. The molecular weight excluding hydrogens is 403 g/mol. The van der Waals surface area contributed by atoms with Crippen LogP contribution in [0, 0.1) is 11.3 Å². The van der Waals surface area contributed by atoms with E-state index in [0.717, 1.165) is 22.4 Å². The van der Waals surface area contributed by atoms with Crippen LogP contribution >= 0.6 is 0 Å². The Morgan fingerprint density at radius 1 is 1.31 bits per heavy atom. The van der Waals surface area contributed by atoms with Crippen molar-refractivity contribution >= 4 is 10.0 Å². The lowest BCUT2D eigenvalue weighted by Crippen LogP contribution is -2.33. The van der Waals surface area contributed by atoms with Gasteiger partial charge in [-0.25, -0.2) is 8.42 Å². The summed E-state index contributed by atoms with van der Waals surface area (Å²) in [5.74, 6) is -1.94. The summed E-state index contributed by atoms with van der Waals surface area (Å²) in [7, 11) is -4.53. The van der Waals surface area contributed by atoms with Crippen LogP contribution in [0.1, 0.15) is 20.3 Å². The number of halogens is 3. The van der Waals surface area contributed by atoms with E-state index in [0.29, 0.717) is 18.5 Å². The lowest BCUT2D eigenvalue weighted by atomic mass is 9.95. The van der Waals surface area contributed by atoms with Gasteiger partial charge in [0.1, 0.15) is 6.07 Å². The summed E-state index contributed by atoms with van der Waals surface area (Å²) in [6.45, 7) is 4.60. The van der Waals surface area contributed by atoms with Crippen LogP contribution in [-0.2, 0) is 10.0 Å². The molecule has 29 heavy (non-hydrogen) atoms. The van der Waals surface area contributed by atoms with E-state index in [1.165, 1.54) is 12.2 Å². The topological polar surface area (TPSA) is 73.2 Å². The van der Waals surface area contributed by atoms with Crippen molar-refractivity contribution in [3.63, 3.8) is 0 Å². The molecule has 0 spiro atoms. The Balaban J connectivity index is 1.90. The Kier molecular flexibility index (Phi) is 5.50. The van der Waals surface area contributed by atoms with Crippen molar-refractivity contribution in [3.05, 3.63) is 70.1 Å². The number of hydrogen-bond donors (Lipinski definition) is 1. The number of fused-ring (bicyclic) bond motifs is 1. The molecule has 2 aliphatic carbocycles. The highest BCUT2D eigenvalue weighted by atomic mass is 32.2. The zero-order valence-electron chi connectivity index (χ0n) is 15.9. The van der Waals surface area contributed by atoms with Gasteiger partial charge in [0.15, 0.2) is 5.75 Å². The molecule has 0 radical (unpaired) electrons. The molecule has 0 saturated heterocycles. The predicted octanol–water partition coefficient (Wildman–Crippen LogP) is 3.61. The Hall–Kier alpha value is -2.73. The third-order valence-corrected chi connectivity index (χ3v) is 6.04. The minimum atomic E-state index is -4.81. The van der Waals surface area contributed by atoms with Crippen LogP contribution in [0.4, 0.5) is 13.2 Å². The number of sulfonamides is 1. The van der Waals surface area contributed by atoms with Gasteiger partial charge in [0.2, 0.25) is 10.0 Å². The first kappa shape index (κ1) is 21.0. The normalized spacial score (nSPS) is 24.3. The summed E-state index contributed by atoms with van der Waals surface area (Å²) in [5, 5.41) is 9.76. The molecule has 1 N–H and O–H groups in total. The standard InChI is InChI=1S/C20H20F3N3O2S/c1-3-26-18-9-4-13(2)10-16(18)17(11-24)19(26)14-5-7-15(8-6-14)25-29(27,28)12-20(21,22)23/h4-5,7-10,18,25H,3,6,12H2,1-2H3. The quantitative estimate of drug-likeness (QED) is 0.750. The van der Waals surface area contributed by atoms with E-state index in [-0.39, 0.29) is 11.7 Å². The van der Waals surface area contributed by atoms with Gasteiger partial charge in [-0.05, 0) is 37.5 Å². The highest BCUT2D eigenvalue weighted by Crippen LogP contribution is 2.40. The van der Waals surface area contributed by atoms with Crippen LogP contribution in [0.3, 0.4) is 0 Å². The van der Waals surface area contributed by atoms with Crippen molar-refractivity contribution in [3.8, 4) is 6.07 Å². The first-order chi connectivity index (χ1) is 13.5. The van der Waals surface area contributed by atoms with Gasteiger partial charge < -0.3 is 4.90 Å². The van der Waals surface area contributed by atoms with Gasteiger partial charge in [0.25, 0.3) is 0 Å². The number of hydrogen-bond acceptors (Lipinski definition) is 4. The minimum absolute atomic E-state index is 0.0371. The molecule has 5 nitrogen and oxygen atoms in total. The van der Waals surface area contributed by atoms with Gasteiger partial charge in [-0.2, -0.15) is 18.4 Å². The summed E-state index contributed by atoms with van der Waals surface area (Å²) >= 11 is 0. The van der Waals surface area contributed by atoms with Crippen LogP contribution in [0.5, 0.6) is 0 Å². The fourth-order valence-corrected chi connectivity index (χ4v) is 4.70. The highest BCUT2D eigenvalue weighted by molar-refractivity contribution is 7.89. The molecule has 0 aromatic heterocycles. The number of nitrogens with zero attached hydrogens (tertiary/aromatic N) is 2. The zero-order chi connectivity index (χ0) is 21.4. The van der Waals surface area contributed by atoms with Gasteiger partial charge in [0.05, 0.1) is 17.3 Å². The summed E-state index contributed by atoms with van der Waals surface area (Å²) in [4.78, 5) is 2.10. The van der Waals surface area contributed by atoms with E-state index in [4.69, 9.17) is 0 Å². The van der Waals surface area contributed by atoms with E-state index < -0.39 is 22.0 Å². The van der Waals surface area contributed by atoms with Crippen LogP contribution in [0.2, 0.25) is 0 Å². The molecule has 0 bridgehead atoms. The first-order valence-electron chi connectivity index (χ1n) is 9.01. The third-order valence-electron chi connectivity index (χ3n) is 4.78. The molecule has 1 atom stereocenters. The summed E-state index contributed by atoms with van der Waals surface area (Å²) in [6, 6.07) is 2.24. The fraction of sp³-hybridized carbons (Fsp3) is 0.350. The SMILES string of the molecule is CCN1C(=C2C=CC(NS(=O)(=O)CC(F)(F)F)=CC2)C(C#N)=C2C=C(C)C=CC21. The molecule has 3 rings (SSSR count). The first-order valence-corrected chi connectivity index (χ1v) is 10.7. The average molecular weight is 423 g/mol. The second kappa shape index (κ2) is 7.59. The molecule has 0 saturated carbocycles. The number of alkyl halides is 3. The van der Waals surface area contributed by atoms with Crippen molar-refractivity contribution in [2.75, 3.05) is 12.3 Å². The van der Waals surface area contributed by atoms with E-state index >= 15 is 0 Å². The summed E-state index contributed by atoms with van der Waals surface area (Å²) in [5.41, 5.74) is 4.20. The van der Waals surface area contributed by atoms with Crippen molar-refractivity contribution in [1.82, 2.24) is 9.62 Å². The smallest absolute Gasteiger partial charge is 0.360 e. The lowest BCUT2D eigenvalue weighted by molar-refractivity contribution is -0.106. The minimum Gasteiger partial charge on any atom is -0.360 e. The van der Waals surface area contributed by atoms with Crippen molar-refractivity contribution in [2.45, 2.75) is 32.5 Å². The maximum atomic E-state index is 12.4. The molecule has 1 aliphatic heterocycles. The van der Waals surface area contributed by atoms with Gasteiger partial charge in [-0.1, -0.05) is 36.0 Å². The number of rotatable bonds is 4. The summed E-state index contributed by atoms with van der Waals surface area (Å²) in [6.07, 6.45) is 6.10. The predicted molar refractivity (Wildman–Crippen MR) is 104 cm³/mol. The number of nitriles is 1. The third kappa shape index (κ3) is 4.48. The van der Waals surface area contributed by atoms with Gasteiger partial charge in [0, 0.05) is 12.2 Å². The zero-order valence-corrected chi connectivity index (χ0v) is 16.7. The van der Waals surface area contributed by atoms with E-state index in [1.54, 1.807) is 6.08 Å². The molecule has 154 valence electrons. The molecule has 1 unspecified atom stereocenters. The van der Waals surface area contributed by atoms with Crippen LogP contribution in [0.15, 0.2) is 70.1 Å². The maximum Gasteiger partial charge on any atom is 0.404 e. The molecular formula is C20H20F3N3O2S. The van der Waals surface area contributed by atoms with Crippen molar-refractivity contribution in [2.24, 2.45) is 0 Å². The summed E-state index contributed by atoms with van der Waals surface area (Å²) < 4.78 is 62.5. The van der Waals surface area contributed by atoms with Crippen molar-refractivity contribution in [1.29, 1.82) is 5.26 Å². The van der Waals surface area contributed by atoms with Gasteiger partial charge in [-0.3, -0.25) is 4.72 Å². The molecule has 0 aromatic carbocycles. The lowest BCUT2D eigenvalue weighted by Gasteiger charge is -2.29. The second-order valence-corrected chi connectivity index (χ2v) is 8.69. The number of nitrogens with one attached hydrogen (secondary N) is 1. The van der Waals surface area contributed by atoms with E-state index in [2.05, 4.69) is 11.0 Å². The van der Waals surface area contributed by atoms with Gasteiger partial charge >= 0.3 is 6.18 Å². The Bertz CT molecular complexity index is 1050. The fourth-order valence-electron chi connectivity index (χ4n) is 3.68. The van der Waals surface area contributed by atoms with Gasteiger partial charge in [-0.15, -0.1) is 0 Å². The number of allylic oxidation sites excluding steroid dienone is 7. The Morgan fingerprint density at radius 3 is 2.59 bits per heavy atom. The Labute approximate surface area is 167 Å². The van der Waals surface area contributed by atoms with Crippen LogP contribution in [-0.4, -0.2) is 37.8 Å². The maximum absolute atomic E-state index is 12.4. The monoisotopic (exact) mass is 423 g/mol. The molecule has 9 heteroatoms. The average Bonchev–Trinajstić information content (AvgIpc) is 2.92. The van der Waals surface area contributed by atoms with Crippen molar-refractivity contribution < 1.29 is 21.6 Å². The number of likely N-dealkylation sites (N-methyl/N-ethyl adjacent to an activating group) is 1. The highest BCUT2D eigenvalue weighted by Gasteiger charge is 2.37. The van der Waals surface area contributed by atoms with Crippen LogP contribution in [0.25, 0.3) is 0 Å². The molecule has 0 aromatic rings. The molecule has 1 heterocycles. The molecule has 0 amide bonds. The molecule has 0 fully saturated rings. The van der Waals surface area contributed by atoms with Crippen LogP contribution < -0.4 is 4.72 Å². The second-order valence-electron chi connectivity index (χ2n) is 6.97. The van der Waals surface area contributed by atoms with E-state index in [1.807, 2.05) is 36.8 Å². The molecule has 3 aliphatic rings. The van der Waals surface area contributed by atoms with E-state index in [9.17, 15) is 26.9 Å².